The number of anilines is 1. The molecule has 1 spiro atoms. The van der Waals surface area contributed by atoms with E-state index in [2.05, 4.69) is 39.4 Å². The van der Waals surface area contributed by atoms with Crippen molar-refractivity contribution in [3.8, 4) is 17.6 Å². The highest BCUT2D eigenvalue weighted by atomic mass is 16.6. The van der Waals surface area contributed by atoms with E-state index in [1.807, 2.05) is 89.8 Å². The third-order valence-electron chi connectivity index (χ3n) is 13.2. The quantitative estimate of drug-likeness (QED) is 0.0725. The number of esters is 2. The molecule has 0 aliphatic carbocycles. The Bertz CT molecular complexity index is 3020. The van der Waals surface area contributed by atoms with Gasteiger partial charge < -0.3 is 30.0 Å². The number of ether oxygens (including phenoxy) is 3. The molecule has 2 fully saturated rings. The summed E-state index contributed by atoms with van der Waals surface area (Å²) < 4.78 is 19.1. The second-order valence-electron chi connectivity index (χ2n) is 17.5. The molecule has 16 nitrogen and oxygen atoms in total. The van der Waals surface area contributed by atoms with Gasteiger partial charge in [-0.3, -0.25) is 19.3 Å². The average molecular weight is 942 g/mol. The molecular formula is C54H51N7O9. The maximum absolute atomic E-state index is 16.5. The fraction of sp³-hybridized carbons (Fsp3) is 0.278. The molecule has 3 aliphatic heterocycles. The Hall–Kier alpha value is -8.13. The minimum atomic E-state index is -2.09. The first-order valence-corrected chi connectivity index (χ1v) is 23.0. The Morgan fingerprint density at radius 2 is 1.60 bits per heavy atom. The number of fused-ring (bicyclic) bond motifs is 4. The van der Waals surface area contributed by atoms with Crippen LogP contribution in [-0.4, -0.2) is 93.7 Å². The number of imide groups is 1. The number of morpholine rings is 1. The van der Waals surface area contributed by atoms with Crippen molar-refractivity contribution in [3.05, 3.63) is 168 Å². The van der Waals surface area contributed by atoms with Crippen LogP contribution in [-0.2, 0) is 40.6 Å². The number of urea groups is 1. The smallest absolute Gasteiger partial charge is 0.329 e. The van der Waals surface area contributed by atoms with Gasteiger partial charge in [0.2, 0.25) is 11.8 Å². The van der Waals surface area contributed by atoms with Crippen molar-refractivity contribution in [1.82, 2.24) is 30.5 Å². The molecule has 0 radical (unpaired) electrons. The van der Waals surface area contributed by atoms with E-state index >= 15 is 19.2 Å². The first-order chi connectivity index (χ1) is 34.0. The molecule has 356 valence electrons. The molecule has 6 aromatic rings. The van der Waals surface area contributed by atoms with Crippen molar-refractivity contribution < 1.29 is 43.3 Å². The standard InChI is InChI=1S/C54H51N7O9/c1-5-28-55-49(63)43-46-51(65)70-47(36-18-10-7-11-19-36)45(35-16-8-6-9-17-35)61(46)48(37-23-25-38(26-24-37)69-31-30-62)54(43)39-32-34(15-14-29-59-42-21-13-12-20-40(42)57-58-59)22-27-41(39)60(52(54)66)53(67)56-44(33(2)3)50(64)68-4/h5-13,16-27,32-33,43-48,62H,1,28-31H2,2-4H3,(H,55,63)(H,56,67). The van der Waals surface area contributed by atoms with Crippen molar-refractivity contribution in [1.29, 1.82) is 0 Å². The summed E-state index contributed by atoms with van der Waals surface area (Å²) in [4.78, 5) is 78.3. The Kier molecular flexibility index (Phi) is 13.3. The van der Waals surface area contributed by atoms with Crippen LogP contribution in [0.15, 0.2) is 140 Å². The molecule has 2 saturated heterocycles. The highest BCUT2D eigenvalue weighted by Gasteiger charge is 2.75. The molecule has 16 heteroatoms. The topological polar surface area (TPSA) is 195 Å². The lowest BCUT2D eigenvalue weighted by molar-refractivity contribution is -0.178. The number of aliphatic hydroxyl groups is 1. The molecule has 4 heterocycles. The summed E-state index contributed by atoms with van der Waals surface area (Å²) in [6.45, 7) is 7.20. The van der Waals surface area contributed by atoms with Crippen molar-refractivity contribution >= 4 is 46.5 Å². The lowest BCUT2D eigenvalue weighted by Crippen LogP contribution is -2.57. The zero-order valence-corrected chi connectivity index (χ0v) is 38.7. The normalized spacial score (nSPS) is 21.8. The van der Waals surface area contributed by atoms with Crippen molar-refractivity contribution in [2.45, 2.75) is 56.1 Å². The highest BCUT2D eigenvalue weighted by Crippen LogP contribution is 2.66. The Labute approximate surface area is 404 Å². The number of hydrogen-bond donors (Lipinski definition) is 3. The van der Waals surface area contributed by atoms with Gasteiger partial charge in [-0.25, -0.2) is 19.2 Å². The second kappa shape index (κ2) is 19.8. The number of carbonyl (C=O) groups is 5. The van der Waals surface area contributed by atoms with Gasteiger partial charge in [-0.15, -0.1) is 11.7 Å². The van der Waals surface area contributed by atoms with Crippen molar-refractivity contribution in [3.63, 3.8) is 0 Å². The molecule has 4 amide bonds. The van der Waals surface area contributed by atoms with Crippen LogP contribution in [0.25, 0.3) is 11.0 Å². The Balaban J connectivity index is 1.32. The van der Waals surface area contributed by atoms with E-state index < -0.39 is 77.3 Å². The number of benzene rings is 5. The van der Waals surface area contributed by atoms with Gasteiger partial charge in [0.15, 0.2) is 0 Å². The van der Waals surface area contributed by atoms with Gasteiger partial charge >= 0.3 is 18.0 Å². The number of nitrogens with one attached hydrogen (secondary N) is 2. The molecule has 70 heavy (non-hydrogen) atoms. The second-order valence-corrected chi connectivity index (χ2v) is 17.5. The number of methoxy groups -OCH3 is 1. The highest BCUT2D eigenvalue weighted by molar-refractivity contribution is 6.25. The van der Waals surface area contributed by atoms with Crippen LogP contribution in [0.2, 0.25) is 0 Å². The van der Waals surface area contributed by atoms with E-state index in [-0.39, 0.29) is 37.6 Å². The molecule has 3 N–H and O–H groups in total. The predicted octanol–water partition coefficient (Wildman–Crippen LogP) is 5.73. The molecule has 0 saturated carbocycles. The van der Waals surface area contributed by atoms with Gasteiger partial charge in [-0.1, -0.05) is 122 Å². The summed E-state index contributed by atoms with van der Waals surface area (Å²) in [5.41, 5.74) is 2.06. The summed E-state index contributed by atoms with van der Waals surface area (Å²) in [5, 5.41) is 23.8. The van der Waals surface area contributed by atoms with Crippen LogP contribution in [0, 0.1) is 23.7 Å². The number of hydrogen-bond acceptors (Lipinski definition) is 12. The van der Waals surface area contributed by atoms with Crippen molar-refractivity contribution in [2.24, 2.45) is 11.8 Å². The monoisotopic (exact) mass is 941 g/mol. The molecule has 7 unspecified atom stereocenters. The Morgan fingerprint density at radius 3 is 2.29 bits per heavy atom. The van der Waals surface area contributed by atoms with Crippen molar-refractivity contribution in [2.75, 3.05) is 31.8 Å². The van der Waals surface area contributed by atoms with E-state index in [4.69, 9.17) is 14.2 Å². The first kappa shape index (κ1) is 47.0. The number of para-hydroxylation sites is 1. The lowest BCUT2D eigenvalue weighted by atomic mass is 9.65. The van der Waals surface area contributed by atoms with Crippen LogP contribution in [0.5, 0.6) is 5.75 Å². The molecule has 5 aromatic carbocycles. The minimum absolute atomic E-state index is 0.0168. The number of cyclic esters (lactones) is 1. The van der Waals surface area contributed by atoms with E-state index in [0.29, 0.717) is 28.0 Å². The lowest BCUT2D eigenvalue weighted by Gasteiger charge is -2.46. The summed E-state index contributed by atoms with van der Waals surface area (Å²) in [6.07, 6.45) is 0.549. The van der Waals surface area contributed by atoms with E-state index in [0.717, 1.165) is 16.0 Å². The number of carbonyl (C=O) groups excluding carboxylic acids is 5. The first-order valence-electron chi connectivity index (χ1n) is 23.0. The molecule has 1 aromatic heterocycles. The molecular weight excluding hydrogens is 891 g/mol. The fourth-order valence-electron chi connectivity index (χ4n) is 10.3. The predicted molar refractivity (Wildman–Crippen MR) is 258 cm³/mol. The third kappa shape index (κ3) is 8.22. The molecule has 7 atom stereocenters. The number of amides is 4. The van der Waals surface area contributed by atoms with Crippen LogP contribution in [0.1, 0.15) is 59.9 Å². The summed E-state index contributed by atoms with van der Waals surface area (Å²) in [6, 6.07) is 32.5. The van der Waals surface area contributed by atoms with Crippen LogP contribution in [0.3, 0.4) is 0 Å². The van der Waals surface area contributed by atoms with Crippen LogP contribution < -0.4 is 20.3 Å². The van der Waals surface area contributed by atoms with Gasteiger partial charge in [-0.2, -0.15) is 0 Å². The fourth-order valence-corrected chi connectivity index (χ4v) is 10.3. The SMILES string of the molecule is C=CCNC(=O)C1C2C(=O)OC(c3ccccc3)C(c3ccccc3)N2C(c2ccc(OCCO)cc2)C12C(=O)N(C(=O)NC(C(=O)OC)C(C)C)c1ccc(C#CCn3nnc4ccccc43)cc12. The van der Waals surface area contributed by atoms with E-state index in [1.165, 1.54) is 13.2 Å². The third-order valence-corrected chi connectivity index (χ3v) is 13.2. The summed E-state index contributed by atoms with van der Waals surface area (Å²) in [5.74, 6) is 1.80. The maximum Gasteiger partial charge on any atom is 0.329 e. The Morgan fingerprint density at radius 1 is 0.900 bits per heavy atom. The van der Waals surface area contributed by atoms with Crippen LogP contribution in [0.4, 0.5) is 10.5 Å². The zero-order valence-electron chi connectivity index (χ0n) is 38.7. The number of aromatic nitrogens is 3. The minimum Gasteiger partial charge on any atom is -0.491 e. The summed E-state index contributed by atoms with van der Waals surface area (Å²) >= 11 is 0. The number of nitrogens with zero attached hydrogens (tertiary/aromatic N) is 5. The molecule has 9 rings (SSSR count). The van der Waals surface area contributed by atoms with Crippen LogP contribution >= 0.6 is 0 Å². The number of aliphatic hydroxyl groups excluding tert-OH is 1. The van der Waals surface area contributed by atoms with Gasteiger partial charge in [0.1, 0.15) is 48.0 Å². The largest absolute Gasteiger partial charge is 0.491 e. The zero-order chi connectivity index (χ0) is 49.1. The van der Waals surface area contributed by atoms with Gasteiger partial charge in [0.05, 0.1) is 42.9 Å². The summed E-state index contributed by atoms with van der Waals surface area (Å²) in [7, 11) is 1.21. The molecule has 3 aliphatic rings. The van der Waals surface area contributed by atoms with Gasteiger partial charge in [0, 0.05) is 12.1 Å². The maximum atomic E-state index is 16.5. The van der Waals surface area contributed by atoms with E-state index in [1.54, 1.807) is 61.0 Å². The van der Waals surface area contributed by atoms with E-state index in [9.17, 15) is 9.90 Å². The average Bonchev–Trinajstić information content (AvgIpc) is 4.02. The molecule has 0 bridgehead atoms. The van der Waals surface area contributed by atoms with Gasteiger partial charge in [-0.05, 0) is 70.6 Å². The number of rotatable bonds is 13. The van der Waals surface area contributed by atoms with Gasteiger partial charge in [0.25, 0.3) is 0 Å².